The molecule has 2 aromatic heterocycles. The average Bonchev–Trinajstić information content (AvgIpc) is 2.77. The SMILES string of the molecule is Cc1nccn1Cc1ncc(NC(=O)OC(C)C)cc1Cl. The minimum Gasteiger partial charge on any atom is -0.447 e. The lowest BCUT2D eigenvalue weighted by Crippen LogP contribution is -2.18. The minimum atomic E-state index is -0.527. The predicted octanol–water partition coefficient (Wildman–Crippen LogP) is 3.25. The summed E-state index contributed by atoms with van der Waals surface area (Å²) >= 11 is 6.20. The molecule has 0 fully saturated rings. The summed E-state index contributed by atoms with van der Waals surface area (Å²) in [6.07, 6.45) is 4.42. The number of rotatable bonds is 4. The van der Waals surface area contributed by atoms with Crippen LogP contribution in [0.15, 0.2) is 24.7 Å². The van der Waals surface area contributed by atoms with Gasteiger partial charge in [0.2, 0.25) is 0 Å². The fourth-order valence-corrected chi connectivity index (χ4v) is 1.97. The first-order valence-electron chi connectivity index (χ1n) is 6.55. The molecular formula is C14H17ClN4O2. The molecule has 0 aromatic carbocycles. The normalized spacial score (nSPS) is 10.7. The van der Waals surface area contributed by atoms with Crippen LogP contribution in [-0.4, -0.2) is 26.7 Å². The zero-order valence-electron chi connectivity index (χ0n) is 12.1. The summed E-state index contributed by atoms with van der Waals surface area (Å²) in [7, 11) is 0. The number of anilines is 1. The molecule has 0 spiro atoms. The zero-order chi connectivity index (χ0) is 15.4. The van der Waals surface area contributed by atoms with Gasteiger partial charge in [-0.1, -0.05) is 11.6 Å². The Labute approximate surface area is 128 Å². The highest BCUT2D eigenvalue weighted by Gasteiger charge is 2.09. The molecular weight excluding hydrogens is 292 g/mol. The Morgan fingerprint density at radius 1 is 1.48 bits per heavy atom. The van der Waals surface area contributed by atoms with E-state index >= 15 is 0 Å². The van der Waals surface area contributed by atoms with Crippen LogP contribution in [0.4, 0.5) is 10.5 Å². The molecule has 112 valence electrons. The van der Waals surface area contributed by atoms with Crippen molar-refractivity contribution in [3.8, 4) is 0 Å². The molecule has 1 amide bonds. The van der Waals surface area contributed by atoms with Crippen LogP contribution >= 0.6 is 11.6 Å². The number of amides is 1. The summed E-state index contributed by atoms with van der Waals surface area (Å²) in [6, 6.07) is 1.65. The smallest absolute Gasteiger partial charge is 0.411 e. The number of nitrogens with one attached hydrogen (secondary N) is 1. The number of ether oxygens (including phenoxy) is 1. The summed E-state index contributed by atoms with van der Waals surface area (Å²) < 4.78 is 6.93. The average molecular weight is 309 g/mol. The molecule has 2 heterocycles. The maximum atomic E-state index is 11.5. The van der Waals surface area contributed by atoms with E-state index in [1.165, 1.54) is 0 Å². The van der Waals surface area contributed by atoms with Crippen LogP contribution in [0.1, 0.15) is 25.4 Å². The van der Waals surface area contributed by atoms with E-state index < -0.39 is 6.09 Å². The standard InChI is InChI=1S/C14H17ClN4O2/c1-9(2)21-14(20)18-11-6-12(15)13(17-7-11)8-19-5-4-16-10(19)3/h4-7,9H,8H2,1-3H3,(H,18,20). The van der Waals surface area contributed by atoms with Crippen molar-refractivity contribution in [3.05, 3.63) is 41.2 Å². The van der Waals surface area contributed by atoms with Crippen LogP contribution in [0.25, 0.3) is 0 Å². The number of hydrogen-bond acceptors (Lipinski definition) is 4. The molecule has 2 rings (SSSR count). The van der Waals surface area contributed by atoms with Crippen molar-refractivity contribution < 1.29 is 9.53 Å². The molecule has 0 saturated heterocycles. The second-order valence-corrected chi connectivity index (χ2v) is 5.24. The van der Waals surface area contributed by atoms with Crippen LogP contribution in [0.5, 0.6) is 0 Å². The fraction of sp³-hybridized carbons (Fsp3) is 0.357. The Kier molecular flexibility index (Phi) is 4.80. The number of imidazole rings is 1. The number of carbonyl (C=O) groups excluding carboxylic acids is 1. The number of aryl methyl sites for hydroxylation is 1. The van der Waals surface area contributed by atoms with Gasteiger partial charge >= 0.3 is 6.09 Å². The molecule has 2 aromatic rings. The van der Waals surface area contributed by atoms with Crippen LogP contribution in [-0.2, 0) is 11.3 Å². The first kappa shape index (κ1) is 15.3. The number of nitrogens with zero attached hydrogens (tertiary/aromatic N) is 3. The Morgan fingerprint density at radius 2 is 2.24 bits per heavy atom. The number of hydrogen-bond donors (Lipinski definition) is 1. The van der Waals surface area contributed by atoms with Crippen molar-refractivity contribution in [2.24, 2.45) is 0 Å². The van der Waals surface area contributed by atoms with E-state index in [0.717, 1.165) is 5.82 Å². The van der Waals surface area contributed by atoms with E-state index in [4.69, 9.17) is 16.3 Å². The van der Waals surface area contributed by atoms with E-state index in [2.05, 4.69) is 15.3 Å². The van der Waals surface area contributed by atoms with Gasteiger partial charge in [-0.25, -0.2) is 9.78 Å². The van der Waals surface area contributed by atoms with E-state index in [9.17, 15) is 4.79 Å². The number of carbonyl (C=O) groups is 1. The van der Waals surface area contributed by atoms with Gasteiger partial charge in [0.05, 0.1) is 35.2 Å². The van der Waals surface area contributed by atoms with Gasteiger partial charge in [-0.15, -0.1) is 0 Å². The number of aromatic nitrogens is 3. The highest BCUT2D eigenvalue weighted by Crippen LogP contribution is 2.20. The summed E-state index contributed by atoms with van der Waals surface area (Å²) in [5, 5.41) is 3.06. The second kappa shape index (κ2) is 6.58. The largest absolute Gasteiger partial charge is 0.447 e. The van der Waals surface area contributed by atoms with E-state index in [1.54, 1.807) is 32.3 Å². The van der Waals surface area contributed by atoms with E-state index in [0.29, 0.717) is 22.9 Å². The topological polar surface area (TPSA) is 69.0 Å². The molecule has 0 aliphatic heterocycles. The Bertz CT molecular complexity index is 640. The van der Waals surface area contributed by atoms with Crippen molar-refractivity contribution in [1.82, 2.24) is 14.5 Å². The molecule has 0 atom stereocenters. The molecule has 0 aliphatic rings. The summed E-state index contributed by atoms with van der Waals surface area (Å²) in [5.74, 6) is 0.885. The van der Waals surface area contributed by atoms with Crippen molar-refractivity contribution in [3.63, 3.8) is 0 Å². The number of halogens is 1. The first-order valence-corrected chi connectivity index (χ1v) is 6.93. The first-order chi connectivity index (χ1) is 9.95. The lowest BCUT2D eigenvalue weighted by Gasteiger charge is -2.11. The minimum absolute atomic E-state index is 0.183. The Morgan fingerprint density at radius 3 is 2.81 bits per heavy atom. The van der Waals surface area contributed by atoms with Crippen molar-refractivity contribution >= 4 is 23.4 Å². The molecule has 0 radical (unpaired) electrons. The predicted molar refractivity (Wildman–Crippen MR) is 80.6 cm³/mol. The van der Waals surface area contributed by atoms with Crippen LogP contribution in [0.3, 0.4) is 0 Å². The highest BCUT2D eigenvalue weighted by atomic mass is 35.5. The lowest BCUT2D eigenvalue weighted by molar-refractivity contribution is 0.130. The van der Waals surface area contributed by atoms with Gasteiger partial charge in [0, 0.05) is 12.4 Å². The molecule has 0 bridgehead atoms. The van der Waals surface area contributed by atoms with Crippen LogP contribution in [0, 0.1) is 6.92 Å². The maximum Gasteiger partial charge on any atom is 0.411 e. The van der Waals surface area contributed by atoms with Gasteiger partial charge in [0.1, 0.15) is 5.82 Å². The lowest BCUT2D eigenvalue weighted by atomic mass is 10.3. The summed E-state index contributed by atoms with van der Waals surface area (Å²) in [4.78, 5) is 19.9. The Hall–Kier alpha value is -2.08. The van der Waals surface area contributed by atoms with Crippen LogP contribution in [0.2, 0.25) is 5.02 Å². The number of pyridine rings is 1. The van der Waals surface area contributed by atoms with E-state index in [1.807, 2.05) is 17.7 Å². The zero-order valence-corrected chi connectivity index (χ0v) is 12.9. The quantitative estimate of drug-likeness (QED) is 0.941. The highest BCUT2D eigenvalue weighted by molar-refractivity contribution is 6.31. The maximum absolute atomic E-state index is 11.5. The van der Waals surface area contributed by atoms with Gasteiger partial charge in [0.25, 0.3) is 0 Å². The Balaban J connectivity index is 2.07. The van der Waals surface area contributed by atoms with Crippen molar-refractivity contribution in [2.45, 2.75) is 33.4 Å². The van der Waals surface area contributed by atoms with Gasteiger partial charge < -0.3 is 9.30 Å². The molecule has 1 N–H and O–H groups in total. The molecule has 7 heteroatoms. The van der Waals surface area contributed by atoms with Gasteiger partial charge in [-0.2, -0.15) is 0 Å². The van der Waals surface area contributed by atoms with Gasteiger partial charge in [-0.05, 0) is 26.8 Å². The second-order valence-electron chi connectivity index (χ2n) is 4.83. The fourth-order valence-electron chi connectivity index (χ4n) is 1.74. The molecule has 0 aliphatic carbocycles. The monoisotopic (exact) mass is 308 g/mol. The summed E-state index contributed by atoms with van der Waals surface area (Å²) in [6.45, 7) is 6.00. The summed E-state index contributed by atoms with van der Waals surface area (Å²) in [5.41, 5.74) is 1.21. The molecule has 0 saturated carbocycles. The molecule has 21 heavy (non-hydrogen) atoms. The van der Waals surface area contributed by atoms with Crippen molar-refractivity contribution in [1.29, 1.82) is 0 Å². The third-order valence-corrected chi connectivity index (χ3v) is 3.08. The molecule has 0 unspecified atom stereocenters. The molecule has 6 nitrogen and oxygen atoms in total. The van der Waals surface area contributed by atoms with E-state index in [-0.39, 0.29) is 6.10 Å². The third kappa shape index (κ3) is 4.19. The van der Waals surface area contributed by atoms with Gasteiger partial charge in [0.15, 0.2) is 0 Å². The van der Waals surface area contributed by atoms with Crippen molar-refractivity contribution in [2.75, 3.05) is 5.32 Å². The van der Waals surface area contributed by atoms with Crippen LogP contribution < -0.4 is 5.32 Å². The van der Waals surface area contributed by atoms with Gasteiger partial charge in [-0.3, -0.25) is 10.3 Å². The third-order valence-electron chi connectivity index (χ3n) is 2.75.